The Hall–Kier alpha value is -0.460. The average molecular weight is 298 g/mol. The Labute approximate surface area is 125 Å². The van der Waals surface area contributed by atoms with Crippen molar-refractivity contribution in [2.45, 2.75) is 51.5 Å². The minimum Gasteiger partial charge on any atom is -0.394 e. The normalized spacial score (nSPS) is 27.4. The van der Waals surface area contributed by atoms with Crippen LogP contribution in [0.2, 0.25) is 0 Å². The lowest BCUT2D eigenvalue weighted by atomic mass is 9.99. The first kappa shape index (κ1) is 15.9. The first-order valence-electron chi connectivity index (χ1n) is 7.36. The molecule has 0 aliphatic carbocycles. The van der Waals surface area contributed by atoms with Crippen molar-refractivity contribution in [2.75, 3.05) is 19.7 Å². The second-order valence-corrected chi connectivity index (χ2v) is 6.64. The molecule has 4 atom stereocenters. The number of thiophene rings is 1. The fraction of sp³-hybridized carbons (Fsp3) is 0.733. The highest BCUT2D eigenvalue weighted by molar-refractivity contribution is 7.10. The molecule has 1 aliphatic heterocycles. The molecule has 4 nitrogen and oxygen atoms in total. The van der Waals surface area contributed by atoms with Crippen LogP contribution in [0.1, 0.15) is 36.8 Å². The minimum atomic E-state index is -0.106. The molecule has 0 radical (unpaired) electrons. The van der Waals surface area contributed by atoms with E-state index in [0.717, 1.165) is 19.5 Å². The van der Waals surface area contributed by atoms with Gasteiger partial charge in [-0.15, -0.1) is 11.3 Å². The number of nitrogens with two attached hydrogens (primary N) is 1. The number of aliphatic hydroxyl groups excluding tert-OH is 1. The third-order valence-electron chi connectivity index (χ3n) is 4.00. The molecule has 114 valence electrons. The quantitative estimate of drug-likeness (QED) is 0.872. The van der Waals surface area contributed by atoms with Gasteiger partial charge in [0.15, 0.2) is 0 Å². The lowest BCUT2D eigenvalue weighted by Gasteiger charge is -2.42. The summed E-state index contributed by atoms with van der Waals surface area (Å²) in [5, 5.41) is 11.5. The number of rotatable bonds is 5. The molecule has 1 aromatic heterocycles. The maximum absolute atomic E-state index is 9.41. The SMILES string of the molecule is CCC(N)C(c1sccc1C)N1CC(C)OC(CO)C1. The van der Waals surface area contributed by atoms with Crippen molar-refractivity contribution in [2.24, 2.45) is 5.73 Å². The molecule has 1 fully saturated rings. The van der Waals surface area contributed by atoms with Gasteiger partial charge in [-0.2, -0.15) is 0 Å². The Balaban J connectivity index is 2.24. The van der Waals surface area contributed by atoms with Crippen LogP contribution < -0.4 is 5.73 Å². The van der Waals surface area contributed by atoms with Crippen molar-refractivity contribution in [3.63, 3.8) is 0 Å². The highest BCUT2D eigenvalue weighted by Crippen LogP contribution is 2.33. The Morgan fingerprint density at radius 3 is 2.85 bits per heavy atom. The molecule has 1 aromatic rings. The van der Waals surface area contributed by atoms with E-state index in [9.17, 15) is 5.11 Å². The molecule has 0 spiro atoms. The van der Waals surface area contributed by atoms with Crippen LogP contribution in [0.4, 0.5) is 0 Å². The summed E-state index contributed by atoms with van der Waals surface area (Å²) in [5.74, 6) is 0. The number of hydrogen-bond donors (Lipinski definition) is 2. The van der Waals surface area contributed by atoms with E-state index < -0.39 is 0 Å². The molecule has 5 heteroatoms. The van der Waals surface area contributed by atoms with Crippen molar-refractivity contribution in [3.05, 3.63) is 21.9 Å². The number of hydrogen-bond acceptors (Lipinski definition) is 5. The molecule has 0 amide bonds. The highest BCUT2D eigenvalue weighted by atomic mass is 32.1. The van der Waals surface area contributed by atoms with Crippen LogP contribution in [-0.2, 0) is 4.74 Å². The zero-order chi connectivity index (χ0) is 14.7. The highest BCUT2D eigenvalue weighted by Gasteiger charge is 2.34. The number of morpholine rings is 1. The molecule has 0 bridgehead atoms. The maximum Gasteiger partial charge on any atom is 0.0936 e. The van der Waals surface area contributed by atoms with Gasteiger partial charge in [-0.3, -0.25) is 4.90 Å². The second-order valence-electron chi connectivity index (χ2n) is 5.69. The van der Waals surface area contributed by atoms with Crippen molar-refractivity contribution < 1.29 is 9.84 Å². The Morgan fingerprint density at radius 1 is 1.55 bits per heavy atom. The van der Waals surface area contributed by atoms with Crippen molar-refractivity contribution in [3.8, 4) is 0 Å². The lowest BCUT2D eigenvalue weighted by Crippen LogP contribution is -2.52. The van der Waals surface area contributed by atoms with Crippen molar-refractivity contribution in [1.82, 2.24) is 4.90 Å². The van der Waals surface area contributed by atoms with Crippen LogP contribution >= 0.6 is 11.3 Å². The summed E-state index contributed by atoms with van der Waals surface area (Å²) in [5.41, 5.74) is 7.71. The molecule has 1 saturated heterocycles. The van der Waals surface area contributed by atoms with Crippen LogP contribution in [0.3, 0.4) is 0 Å². The third-order valence-corrected chi connectivity index (χ3v) is 5.09. The van der Waals surface area contributed by atoms with E-state index in [4.69, 9.17) is 10.5 Å². The topological polar surface area (TPSA) is 58.7 Å². The molecule has 0 saturated carbocycles. The molecule has 2 rings (SSSR count). The van der Waals surface area contributed by atoms with Crippen LogP contribution in [0.15, 0.2) is 11.4 Å². The summed E-state index contributed by atoms with van der Waals surface area (Å²) in [6.07, 6.45) is 0.968. The predicted octanol–water partition coefficient (Wildman–Crippen LogP) is 1.92. The summed E-state index contributed by atoms with van der Waals surface area (Å²) in [4.78, 5) is 3.74. The van der Waals surface area contributed by atoms with Gasteiger partial charge in [-0.25, -0.2) is 0 Å². The number of aryl methyl sites for hydroxylation is 1. The lowest BCUT2D eigenvalue weighted by molar-refractivity contribution is -0.108. The first-order chi connectivity index (χ1) is 9.56. The number of aliphatic hydroxyl groups is 1. The zero-order valence-corrected chi connectivity index (χ0v) is 13.4. The Morgan fingerprint density at radius 2 is 2.30 bits per heavy atom. The Kier molecular flexibility index (Phi) is 5.57. The van der Waals surface area contributed by atoms with Gasteiger partial charge >= 0.3 is 0 Å². The van der Waals surface area contributed by atoms with Crippen LogP contribution in [0, 0.1) is 6.92 Å². The number of ether oxygens (including phenoxy) is 1. The minimum absolute atomic E-state index is 0.0678. The fourth-order valence-electron chi connectivity index (χ4n) is 2.95. The van der Waals surface area contributed by atoms with Crippen LogP contribution in [-0.4, -0.2) is 48.0 Å². The van der Waals surface area contributed by atoms with E-state index in [-0.39, 0.29) is 30.9 Å². The van der Waals surface area contributed by atoms with Crippen molar-refractivity contribution in [1.29, 1.82) is 0 Å². The maximum atomic E-state index is 9.41. The van der Waals surface area contributed by atoms with Gasteiger partial charge in [-0.05, 0) is 37.3 Å². The standard InChI is InChI=1S/C15H26N2O2S/c1-4-13(16)14(15-10(2)5-6-20-15)17-7-11(3)19-12(8-17)9-18/h5-6,11-14,18H,4,7-9,16H2,1-3H3. The van der Waals surface area contributed by atoms with E-state index >= 15 is 0 Å². The summed E-state index contributed by atoms with van der Waals surface area (Å²) < 4.78 is 5.75. The summed E-state index contributed by atoms with van der Waals surface area (Å²) in [6, 6.07) is 2.49. The van der Waals surface area contributed by atoms with E-state index in [1.54, 1.807) is 11.3 Å². The monoisotopic (exact) mass is 298 g/mol. The average Bonchev–Trinajstić information content (AvgIpc) is 2.84. The molecular formula is C15H26N2O2S. The second kappa shape index (κ2) is 7.00. The summed E-state index contributed by atoms with van der Waals surface area (Å²) in [7, 11) is 0. The van der Waals surface area contributed by atoms with Gasteiger partial charge < -0.3 is 15.6 Å². The van der Waals surface area contributed by atoms with Crippen LogP contribution in [0.25, 0.3) is 0 Å². The van der Waals surface area contributed by atoms with Gasteiger partial charge in [-0.1, -0.05) is 6.92 Å². The van der Waals surface area contributed by atoms with Gasteiger partial charge in [0, 0.05) is 24.0 Å². The molecule has 1 aliphatic rings. The van der Waals surface area contributed by atoms with Gasteiger partial charge in [0.05, 0.1) is 24.9 Å². The summed E-state index contributed by atoms with van der Waals surface area (Å²) in [6.45, 7) is 8.02. The van der Waals surface area contributed by atoms with Crippen molar-refractivity contribution >= 4 is 11.3 Å². The Bertz CT molecular complexity index is 424. The van der Waals surface area contributed by atoms with Gasteiger partial charge in [0.1, 0.15) is 0 Å². The smallest absolute Gasteiger partial charge is 0.0936 e. The third kappa shape index (κ3) is 3.40. The molecule has 2 heterocycles. The van der Waals surface area contributed by atoms with Crippen LogP contribution in [0.5, 0.6) is 0 Å². The molecular weight excluding hydrogens is 272 g/mol. The van der Waals surface area contributed by atoms with Gasteiger partial charge in [0.2, 0.25) is 0 Å². The molecule has 0 aromatic carbocycles. The zero-order valence-electron chi connectivity index (χ0n) is 12.6. The molecule has 3 N–H and O–H groups in total. The predicted molar refractivity (Wildman–Crippen MR) is 83.1 cm³/mol. The molecule has 20 heavy (non-hydrogen) atoms. The molecule has 4 unspecified atom stereocenters. The van der Waals surface area contributed by atoms with E-state index in [2.05, 4.69) is 37.1 Å². The van der Waals surface area contributed by atoms with Gasteiger partial charge in [0.25, 0.3) is 0 Å². The number of nitrogens with zero attached hydrogens (tertiary/aromatic N) is 1. The first-order valence-corrected chi connectivity index (χ1v) is 8.24. The largest absolute Gasteiger partial charge is 0.394 e. The summed E-state index contributed by atoms with van der Waals surface area (Å²) >= 11 is 1.78. The van der Waals surface area contributed by atoms with E-state index in [1.165, 1.54) is 10.4 Å². The fourth-order valence-corrected chi connectivity index (χ4v) is 4.09. The van der Waals surface area contributed by atoms with E-state index in [0.29, 0.717) is 0 Å². The van der Waals surface area contributed by atoms with E-state index in [1.807, 2.05) is 0 Å².